The molecule has 0 aliphatic carbocycles. The third-order valence-electron chi connectivity index (χ3n) is 11.1. The van der Waals surface area contributed by atoms with Crippen molar-refractivity contribution in [2.75, 3.05) is 19.8 Å². The fraction of sp³-hybridized carbons (Fsp3) is 0.320. The van der Waals surface area contributed by atoms with E-state index in [2.05, 4.69) is 10.3 Å². The SMILES string of the molecule is CCCN(Cc1ccc(CCC(F)(F)C(F)(F)C(F)(F)C(F)(F)C(F)(F)C(F)(F)C(F)(F)C(F)(F)F)cc1)N=Nc1ccc(/C=C/c2sc(/C=C/c3ccc(/C=C/c4ccccc4)cc3)c3c2OCCO3)cc1F. The van der Waals surface area contributed by atoms with Gasteiger partial charge in [-0.25, -0.2) is 4.39 Å². The molecule has 0 atom stereocenters. The van der Waals surface area contributed by atoms with Crippen molar-refractivity contribution >= 4 is 53.5 Å². The molecule has 2 heterocycles. The van der Waals surface area contributed by atoms with Gasteiger partial charge in [0.05, 0.1) is 16.3 Å². The van der Waals surface area contributed by atoms with Gasteiger partial charge in [-0.2, -0.15) is 74.6 Å². The van der Waals surface area contributed by atoms with E-state index < -0.39 is 71.9 Å². The van der Waals surface area contributed by atoms with Gasteiger partial charge in [0.1, 0.15) is 18.9 Å². The highest BCUT2D eigenvalue weighted by molar-refractivity contribution is 7.14. The van der Waals surface area contributed by atoms with Crippen LogP contribution in [0.4, 0.5) is 84.7 Å². The zero-order valence-electron chi connectivity index (χ0n) is 38.0. The topological polar surface area (TPSA) is 46.4 Å². The van der Waals surface area contributed by atoms with Gasteiger partial charge in [-0.15, -0.1) is 16.5 Å². The van der Waals surface area contributed by atoms with Gasteiger partial charge in [-0.3, -0.25) is 5.01 Å². The summed E-state index contributed by atoms with van der Waals surface area (Å²) in [6.07, 6.45) is -0.0713. The maximum atomic E-state index is 15.3. The van der Waals surface area contributed by atoms with Crippen LogP contribution in [0, 0.1) is 5.82 Å². The van der Waals surface area contributed by atoms with Crippen LogP contribution in [-0.4, -0.2) is 72.4 Å². The van der Waals surface area contributed by atoms with E-state index in [1.807, 2.05) is 78.9 Å². The molecule has 0 amide bonds. The number of fused-ring (bicyclic) bond motifs is 1. The van der Waals surface area contributed by atoms with Crippen LogP contribution in [0.2, 0.25) is 0 Å². The lowest BCUT2D eigenvalue weighted by Crippen LogP contribution is -2.74. The Hall–Kier alpha value is -6.46. The van der Waals surface area contributed by atoms with Crippen molar-refractivity contribution in [1.29, 1.82) is 0 Å². The third kappa shape index (κ3) is 11.6. The summed E-state index contributed by atoms with van der Waals surface area (Å²) in [5, 5.41) is 9.34. The van der Waals surface area contributed by atoms with Gasteiger partial charge in [-0.05, 0) is 70.5 Å². The van der Waals surface area contributed by atoms with Gasteiger partial charge in [-0.1, -0.05) is 121 Å². The van der Waals surface area contributed by atoms with Gasteiger partial charge >= 0.3 is 47.6 Å². The first-order chi connectivity index (χ1) is 34.5. The van der Waals surface area contributed by atoms with Crippen LogP contribution in [0.1, 0.15) is 62.9 Å². The first-order valence-corrected chi connectivity index (χ1v) is 22.7. The van der Waals surface area contributed by atoms with E-state index in [1.54, 1.807) is 25.1 Å². The van der Waals surface area contributed by atoms with Gasteiger partial charge in [0.15, 0.2) is 17.3 Å². The van der Waals surface area contributed by atoms with E-state index in [0.717, 1.165) is 33.7 Å². The van der Waals surface area contributed by atoms with Crippen molar-refractivity contribution < 1.29 is 88.5 Å². The van der Waals surface area contributed by atoms with Crippen molar-refractivity contribution in [1.82, 2.24) is 5.01 Å². The molecule has 74 heavy (non-hydrogen) atoms. The average molecular weight is 1090 g/mol. The molecule has 6 rings (SSSR count). The molecule has 5 nitrogen and oxygen atoms in total. The average Bonchev–Trinajstić information content (AvgIpc) is 3.71. The maximum Gasteiger partial charge on any atom is 0.460 e. The van der Waals surface area contributed by atoms with Crippen molar-refractivity contribution in [3.63, 3.8) is 0 Å². The summed E-state index contributed by atoms with van der Waals surface area (Å²) >= 11 is 1.40. The molecule has 24 heteroatoms. The highest BCUT2D eigenvalue weighted by Gasteiger charge is 2.95. The highest BCUT2D eigenvalue weighted by atomic mass is 32.1. The molecule has 0 spiro atoms. The van der Waals surface area contributed by atoms with Crippen LogP contribution >= 0.6 is 11.3 Å². The Labute approximate surface area is 414 Å². The van der Waals surface area contributed by atoms with Crippen molar-refractivity contribution in [3.05, 3.63) is 146 Å². The van der Waals surface area contributed by atoms with Crippen molar-refractivity contribution in [3.8, 4) is 11.5 Å². The molecular formula is C50H39F18N3O2S. The van der Waals surface area contributed by atoms with E-state index in [9.17, 15) is 74.6 Å². The number of ether oxygens (including phenoxy) is 2. The number of hydrogen-bond acceptors (Lipinski definition) is 5. The van der Waals surface area contributed by atoms with Gasteiger partial charge in [0.2, 0.25) is 0 Å². The van der Waals surface area contributed by atoms with Crippen molar-refractivity contribution in [2.24, 2.45) is 10.3 Å². The van der Waals surface area contributed by atoms with E-state index in [1.165, 1.54) is 40.6 Å². The van der Waals surface area contributed by atoms with E-state index in [-0.39, 0.29) is 18.8 Å². The second-order valence-corrected chi connectivity index (χ2v) is 17.6. The fourth-order valence-electron chi connectivity index (χ4n) is 6.94. The summed E-state index contributed by atoms with van der Waals surface area (Å²) in [5.74, 6) is -56.3. The Bertz CT molecular complexity index is 2830. The molecule has 0 saturated carbocycles. The molecule has 0 radical (unpaired) electrons. The van der Waals surface area contributed by atoms with Crippen molar-refractivity contribution in [2.45, 2.75) is 80.4 Å². The molecule has 0 bridgehead atoms. The van der Waals surface area contributed by atoms with Gasteiger partial charge < -0.3 is 9.47 Å². The molecule has 0 fully saturated rings. The molecule has 0 N–H and O–H groups in total. The minimum atomic E-state index is -8.68. The van der Waals surface area contributed by atoms with E-state index in [4.69, 9.17) is 9.47 Å². The predicted molar refractivity (Wildman–Crippen MR) is 242 cm³/mol. The van der Waals surface area contributed by atoms with Crippen LogP contribution in [0.3, 0.4) is 0 Å². The molecule has 0 saturated heterocycles. The molecule has 1 aliphatic heterocycles. The Kier molecular flexibility index (Phi) is 16.7. The molecule has 0 unspecified atom stereocenters. The zero-order valence-corrected chi connectivity index (χ0v) is 38.8. The number of halogens is 18. The van der Waals surface area contributed by atoms with Crippen LogP contribution in [0.15, 0.2) is 107 Å². The molecule has 1 aliphatic rings. The second kappa shape index (κ2) is 21.8. The van der Waals surface area contributed by atoms with Gasteiger partial charge in [0.25, 0.3) is 0 Å². The predicted octanol–water partition coefficient (Wildman–Crippen LogP) is 17.0. The minimum absolute atomic E-state index is 0.116. The summed E-state index contributed by atoms with van der Waals surface area (Å²) < 4.78 is 260. The molecule has 4 aromatic carbocycles. The van der Waals surface area contributed by atoms with Gasteiger partial charge in [0, 0.05) is 13.0 Å². The first-order valence-electron chi connectivity index (χ1n) is 21.8. The summed E-state index contributed by atoms with van der Waals surface area (Å²) in [4.78, 5) is 1.51. The van der Waals surface area contributed by atoms with E-state index >= 15 is 4.39 Å². The molecule has 5 aromatic rings. The summed E-state index contributed by atoms with van der Waals surface area (Å²) in [7, 11) is 0. The Balaban J connectivity index is 1.07. The van der Waals surface area contributed by atoms with Crippen LogP contribution < -0.4 is 9.47 Å². The minimum Gasteiger partial charge on any atom is -0.485 e. The lowest BCUT2D eigenvalue weighted by atomic mass is 9.87. The first kappa shape index (κ1) is 56.8. The Morgan fingerprint density at radius 2 is 0.973 bits per heavy atom. The van der Waals surface area contributed by atoms with Crippen LogP contribution in [-0.2, 0) is 13.0 Å². The molecule has 398 valence electrons. The normalized spacial score (nSPS) is 14.6. The zero-order chi connectivity index (χ0) is 54.5. The number of aryl methyl sites for hydroxylation is 1. The highest BCUT2D eigenvalue weighted by Crippen LogP contribution is 2.64. The smallest absolute Gasteiger partial charge is 0.460 e. The largest absolute Gasteiger partial charge is 0.485 e. The van der Waals surface area contributed by atoms with E-state index in [0.29, 0.717) is 47.1 Å². The number of rotatable bonds is 21. The standard InChI is InChI=1S/C50H39F18N3O2S/c1-2-26-71(30-36-16-14-34(15-17-36)24-25-43(52,53)44(54,55)45(56,57)46(58,59)47(60,61)48(62,63)49(64,65)50(66,67)68)70-69-38-21-18-35(29-37(38)51)20-23-40-42-41(72-27-28-73-42)39(74-40)22-19-33-12-10-32(11-13-33)9-8-31-6-4-3-5-7-31/h3-23,29H,2,24-28,30H2,1H3/b9-8+,22-19+,23-20+,70-69?. The third-order valence-corrected chi connectivity index (χ3v) is 12.2. The number of hydrogen-bond donors (Lipinski definition) is 0. The number of nitrogens with zero attached hydrogens (tertiary/aromatic N) is 3. The Morgan fingerprint density at radius 3 is 1.47 bits per heavy atom. The summed E-state index contributed by atoms with van der Waals surface area (Å²) in [5.41, 5.74) is 3.21. The quantitative estimate of drug-likeness (QED) is 0.0318. The summed E-state index contributed by atoms with van der Waals surface area (Å²) in [6.45, 7) is 2.48. The summed E-state index contributed by atoms with van der Waals surface area (Å²) in [6, 6.07) is 26.2. The monoisotopic (exact) mass is 1090 g/mol. The molecule has 1 aromatic heterocycles. The molecular weight excluding hydrogens is 1050 g/mol. The second-order valence-electron chi connectivity index (χ2n) is 16.5. The number of benzene rings is 4. The van der Waals surface area contributed by atoms with Crippen LogP contribution in [0.5, 0.6) is 11.5 Å². The van der Waals surface area contributed by atoms with Crippen LogP contribution in [0.25, 0.3) is 36.5 Å². The Morgan fingerprint density at radius 1 is 0.527 bits per heavy atom. The maximum absolute atomic E-state index is 15.3. The number of alkyl halides is 17. The fourth-order valence-corrected chi connectivity index (χ4v) is 7.94. The number of thiophene rings is 1. The lowest BCUT2D eigenvalue weighted by molar-refractivity contribution is -0.461. The lowest BCUT2D eigenvalue weighted by Gasteiger charge is -2.42.